The van der Waals surface area contributed by atoms with E-state index < -0.39 is 0 Å². The van der Waals surface area contributed by atoms with Gasteiger partial charge in [0.2, 0.25) is 0 Å². The summed E-state index contributed by atoms with van der Waals surface area (Å²) in [7, 11) is 0. The molecule has 0 radical (unpaired) electrons. The van der Waals surface area contributed by atoms with Gasteiger partial charge in [0.15, 0.2) is 0 Å². The first kappa shape index (κ1) is 14.9. The molecule has 0 saturated carbocycles. The number of benzene rings is 3. The zero-order valence-corrected chi connectivity index (χ0v) is 12.9. The zero-order chi connectivity index (χ0) is 16.1. The van der Waals surface area contributed by atoms with Gasteiger partial charge in [0.25, 0.3) is 5.91 Å². The van der Waals surface area contributed by atoms with E-state index in [2.05, 4.69) is 17.6 Å². The molecular weight excluding hydrogens is 284 g/mol. The molecule has 2 N–H and O–H groups in total. The van der Waals surface area contributed by atoms with Gasteiger partial charge in [0.05, 0.1) is 11.4 Å². The van der Waals surface area contributed by atoms with E-state index in [0.717, 1.165) is 17.1 Å². The highest BCUT2D eigenvalue weighted by molar-refractivity contribution is 6.06. The Balaban J connectivity index is 1.80. The largest absolute Gasteiger partial charge is 0.354 e. The highest BCUT2D eigenvalue weighted by Gasteiger charge is 2.08. The molecule has 3 rings (SSSR count). The van der Waals surface area contributed by atoms with Gasteiger partial charge in [-0.3, -0.25) is 4.79 Å². The van der Waals surface area contributed by atoms with Crippen molar-refractivity contribution in [3.63, 3.8) is 0 Å². The average molecular weight is 302 g/mol. The van der Waals surface area contributed by atoms with Crippen molar-refractivity contribution in [2.24, 2.45) is 0 Å². The molecule has 0 heterocycles. The van der Waals surface area contributed by atoms with Crippen LogP contribution < -0.4 is 10.6 Å². The third kappa shape index (κ3) is 3.77. The first-order valence-corrected chi connectivity index (χ1v) is 7.51. The second-order valence-electron chi connectivity index (χ2n) is 5.36. The van der Waals surface area contributed by atoms with Gasteiger partial charge in [0, 0.05) is 11.3 Å². The molecule has 3 aromatic rings. The van der Waals surface area contributed by atoms with Crippen molar-refractivity contribution < 1.29 is 4.79 Å². The third-order valence-electron chi connectivity index (χ3n) is 3.54. The van der Waals surface area contributed by atoms with Crippen molar-refractivity contribution in [3.8, 4) is 0 Å². The first-order chi connectivity index (χ1) is 11.2. The number of hydrogen-bond acceptors (Lipinski definition) is 2. The summed E-state index contributed by atoms with van der Waals surface area (Å²) in [4.78, 5) is 12.3. The number of hydrogen-bond donors (Lipinski definition) is 2. The molecule has 3 heteroatoms. The van der Waals surface area contributed by atoms with Crippen LogP contribution in [-0.2, 0) is 0 Å². The van der Waals surface area contributed by atoms with Crippen LogP contribution >= 0.6 is 0 Å². The Morgan fingerprint density at radius 3 is 2.04 bits per heavy atom. The number of carbonyl (C=O) groups is 1. The Labute approximate surface area is 136 Å². The minimum absolute atomic E-state index is 0.122. The molecule has 23 heavy (non-hydrogen) atoms. The fourth-order valence-electron chi connectivity index (χ4n) is 2.28. The number of nitrogens with one attached hydrogen (secondary N) is 2. The predicted molar refractivity (Wildman–Crippen MR) is 95.3 cm³/mol. The Hall–Kier alpha value is -3.07. The van der Waals surface area contributed by atoms with Gasteiger partial charge in [-0.15, -0.1) is 0 Å². The minimum atomic E-state index is -0.122. The molecule has 1 amide bonds. The summed E-state index contributed by atoms with van der Waals surface area (Å²) in [6, 6.07) is 25.0. The zero-order valence-electron chi connectivity index (χ0n) is 12.9. The fourth-order valence-corrected chi connectivity index (χ4v) is 2.28. The van der Waals surface area contributed by atoms with Crippen LogP contribution in [0.2, 0.25) is 0 Å². The molecule has 3 aromatic carbocycles. The van der Waals surface area contributed by atoms with Crippen LogP contribution in [0.25, 0.3) is 0 Å². The Morgan fingerprint density at radius 1 is 0.739 bits per heavy atom. The summed E-state index contributed by atoms with van der Waals surface area (Å²) in [5.41, 5.74) is 4.44. The summed E-state index contributed by atoms with van der Waals surface area (Å²) in [6.07, 6.45) is 0. The van der Waals surface area contributed by atoms with Crippen molar-refractivity contribution in [3.05, 3.63) is 90.0 Å². The monoisotopic (exact) mass is 302 g/mol. The Kier molecular flexibility index (Phi) is 4.39. The molecule has 114 valence electrons. The van der Waals surface area contributed by atoms with E-state index in [0.29, 0.717) is 5.56 Å². The molecule has 0 atom stereocenters. The molecule has 0 spiro atoms. The summed E-state index contributed by atoms with van der Waals surface area (Å²) in [5.74, 6) is -0.122. The fraction of sp³-hybridized carbons (Fsp3) is 0.0500. The highest BCUT2D eigenvalue weighted by atomic mass is 16.1. The molecule has 0 saturated heterocycles. The van der Waals surface area contributed by atoms with E-state index in [1.165, 1.54) is 5.56 Å². The van der Waals surface area contributed by atoms with E-state index in [-0.39, 0.29) is 5.91 Å². The van der Waals surface area contributed by atoms with Crippen LogP contribution in [-0.4, -0.2) is 5.91 Å². The lowest BCUT2D eigenvalue weighted by molar-refractivity contribution is 0.102. The Morgan fingerprint density at radius 2 is 1.35 bits per heavy atom. The van der Waals surface area contributed by atoms with Gasteiger partial charge in [-0.05, 0) is 43.3 Å². The summed E-state index contributed by atoms with van der Waals surface area (Å²) in [5, 5.41) is 6.30. The number of carbonyl (C=O) groups excluding carboxylic acids is 1. The van der Waals surface area contributed by atoms with E-state index >= 15 is 0 Å². The van der Waals surface area contributed by atoms with Gasteiger partial charge in [-0.2, -0.15) is 0 Å². The molecule has 3 nitrogen and oxygen atoms in total. The third-order valence-corrected chi connectivity index (χ3v) is 3.54. The lowest BCUT2D eigenvalue weighted by Gasteiger charge is -2.13. The van der Waals surface area contributed by atoms with Gasteiger partial charge in [-0.1, -0.05) is 48.0 Å². The maximum Gasteiger partial charge on any atom is 0.255 e. The summed E-state index contributed by atoms with van der Waals surface area (Å²) in [6.45, 7) is 2.05. The standard InChI is InChI=1S/C20H18N2O/c1-15-11-13-17(14-12-15)21-18-9-5-6-10-19(18)22-20(23)16-7-3-2-4-8-16/h2-14,21H,1H3,(H,22,23). The van der Waals surface area contributed by atoms with Gasteiger partial charge in [-0.25, -0.2) is 0 Å². The number of anilines is 3. The highest BCUT2D eigenvalue weighted by Crippen LogP contribution is 2.25. The SMILES string of the molecule is Cc1ccc(Nc2ccccc2NC(=O)c2ccccc2)cc1. The number of amides is 1. The first-order valence-electron chi connectivity index (χ1n) is 7.51. The molecule has 0 aliphatic heterocycles. The second-order valence-corrected chi connectivity index (χ2v) is 5.36. The summed E-state index contributed by atoms with van der Waals surface area (Å²) >= 11 is 0. The van der Waals surface area contributed by atoms with Crippen LogP contribution in [0.1, 0.15) is 15.9 Å². The molecule has 0 aliphatic rings. The predicted octanol–water partition coefficient (Wildman–Crippen LogP) is 4.99. The van der Waals surface area contributed by atoms with Crippen molar-refractivity contribution in [1.29, 1.82) is 0 Å². The van der Waals surface area contributed by atoms with Crippen LogP contribution in [0, 0.1) is 6.92 Å². The molecule has 0 aromatic heterocycles. The van der Waals surface area contributed by atoms with Crippen molar-refractivity contribution >= 4 is 23.0 Å². The molecule has 0 unspecified atom stereocenters. The molecule has 0 aliphatic carbocycles. The smallest absolute Gasteiger partial charge is 0.255 e. The van der Waals surface area contributed by atoms with Gasteiger partial charge < -0.3 is 10.6 Å². The van der Waals surface area contributed by atoms with Crippen LogP contribution in [0.3, 0.4) is 0 Å². The van der Waals surface area contributed by atoms with Crippen LogP contribution in [0.15, 0.2) is 78.9 Å². The number of para-hydroxylation sites is 2. The topological polar surface area (TPSA) is 41.1 Å². The normalized spacial score (nSPS) is 10.1. The average Bonchev–Trinajstić information content (AvgIpc) is 2.59. The van der Waals surface area contributed by atoms with E-state index in [9.17, 15) is 4.79 Å². The van der Waals surface area contributed by atoms with E-state index in [4.69, 9.17) is 0 Å². The lowest BCUT2D eigenvalue weighted by atomic mass is 10.2. The maximum atomic E-state index is 12.3. The quantitative estimate of drug-likeness (QED) is 0.712. The lowest BCUT2D eigenvalue weighted by Crippen LogP contribution is -2.12. The van der Waals surface area contributed by atoms with Crippen LogP contribution in [0.4, 0.5) is 17.1 Å². The second kappa shape index (κ2) is 6.79. The Bertz CT molecular complexity index is 795. The minimum Gasteiger partial charge on any atom is -0.354 e. The maximum absolute atomic E-state index is 12.3. The van der Waals surface area contributed by atoms with Crippen molar-refractivity contribution in [2.45, 2.75) is 6.92 Å². The molecular formula is C20H18N2O. The number of aryl methyl sites for hydroxylation is 1. The number of rotatable bonds is 4. The summed E-state index contributed by atoms with van der Waals surface area (Å²) < 4.78 is 0. The van der Waals surface area contributed by atoms with E-state index in [1.807, 2.05) is 66.7 Å². The van der Waals surface area contributed by atoms with Gasteiger partial charge >= 0.3 is 0 Å². The van der Waals surface area contributed by atoms with Gasteiger partial charge in [0.1, 0.15) is 0 Å². The van der Waals surface area contributed by atoms with E-state index in [1.54, 1.807) is 12.1 Å². The molecule has 0 bridgehead atoms. The van der Waals surface area contributed by atoms with Crippen molar-refractivity contribution in [2.75, 3.05) is 10.6 Å². The van der Waals surface area contributed by atoms with Crippen LogP contribution in [0.5, 0.6) is 0 Å². The molecule has 0 fully saturated rings. The van der Waals surface area contributed by atoms with Crippen molar-refractivity contribution in [1.82, 2.24) is 0 Å².